The van der Waals surface area contributed by atoms with Gasteiger partial charge in [-0.05, 0) is 43.2 Å². The first-order valence-electron chi connectivity index (χ1n) is 6.97. The van der Waals surface area contributed by atoms with E-state index in [1.165, 1.54) is 0 Å². The molecule has 0 amide bonds. The van der Waals surface area contributed by atoms with Crippen molar-refractivity contribution >= 4 is 5.57 Å². The minimum Gasteiger partial charge on any atom is -0.505 e. The predicted octanol–water partition coefficient (Wildman–Crippen LogP) is 3.62. The van der Waals surface area contributed by atoms with Crippen LogP contribution in [0.25, 0.3) is 5.57 Å². The average molecular weight is 280 g/mol. The molecule has 1 unspecified atom stereocenters. The summed E-state index contributed by atoms with van der Waals surface area (Å²) in [7, 11) is 0. The van der Waals surface area contributed by atoms with Crippen LogP contribution in [0, 0.1) is 23.0 Å². The van der Waals surface area contributed by atoms with E-state index in [4.69, 9.17) is 0 Å². The highest BCUT2D eigenvalue weighted by Crippen LogP contribution is 2.53. The van der Waals surface area contributed by atoms with Crippen LogP contribution in [0.1, 0.15) is 38.2 Å². The van der Waals surface area contributed by atoms with E-state index in [9.17, 15) is 19.0 Å². The zero-order valence-electron chi connectivity index (χ0n) is 11.4. The van der Waals surface area contributed by atoms with E-state index in [0.29, 0.717) is 18.8 Å². The van der Waals surface area contributed by atoms with Gasteiger partial charge in [-0.2, -0.15) is 0 Å². The van der Waals surface area contributed by atoms with E-state index in [2.05, 4.69) is 6.92 Å². The summed E-state index contributed by atoms with van der Waals surface area (Å²) < 4.78 is 27.3. The average Bonchev–Trinajstić information content (AvgIpc) is 2.70. The number of hydrogen-bond donors (Lipinski definition) is 2. The largest absolute Gasteiger partial charge is 0.505 e. The second kappa shape index (κ2) is 4.55. The fraction of sp³-hybridized carbons (Fsp3) is 0.500. The van der Waals surface area contributed by atoms with Crippen molar-refractivity contribution in [2.45, 2.75) is 38.7 Å². The van der Waals surface area contributed by atoms with Crippen LogP contribution in [0.3, 0.4) is 0 Å². The van der Waals surface area contributed by atoms with Gasteiger partial charge in [0.15, 0.2) is 11.6 Å². The van der Waals surface area contributed by atoms with Gasteiger partial charge in [-0.3, -0.25) is 0 Å². The molecule has 1 aromatic carbocycles. The summed E-state index contributed by atoms with van der Waals surface area (Å²) in [4.78, 5) is 0. The van der Waals surface area contributed by atoms with E-state index in [1.54, 1.807) is 0 Å². The van der Waals surface area contributed by atoms with Crippen molar-refractivity contribution in [3.05, 3.63) is 35.4 Å². The lowest BCUT2D eigenvalue weighted by atomic mass is 9.68. The number of halogens is 2. The van der Waals surface area contributed by atoms with Crippen LogP contribution in [-0.4, -0.2) is 16.3 Å². The summed E-state index contributed by atoms with van der Waals surface area (Å²) in [5, 5.41) is 19.3. The predicted molar refractivity (Wildman–Crippen MR) is 72.1 cm³/mol. The number of allylic oxidation sites excluding steroid dienone is 2. The molecule has 0 bridgehead atoms. The second-order valence-corrected chi connectivity index (χ2v) is 6.22. The molecule has 108 valence electrons. The first-order chi connectivity index (χ1) is 9.41. The van der Waals surface area contributed by atoms with Crippen LogP contribution < -0.4 is 0 Å². The van der Waals surface area contributed by atoms with Crippen LogP contribution >= 0.6 is 0 Å². The Morgan fingerprint density at radius 2 is 1.95 bits per heavy atom. The Labute approximate surface area is 116 Å². The molecule has 1 saturated carbocycles. The maximum Gasteiger partial charge on any atom is 0.165 e. The molecule has 20 heavy (non-hydrogen) atoms. The molecule has 0 radical (unpaired) electrons. The molecule has 3 rings (SSSR count). The number of fused-ring (bicyclic) bond motifs is 1. The molecule has 0 aromatic heterocycles. The number of rotatable bonds is 1. The van der Waals surface area contributed by atoms with Gasteiger partial charge in [0.25, 0.3) is 0 Å². The minimum atomic E-state index is -0.804. The molecule has 3 atom stereocenters. The molecule has 1 aromatic rings. The van der Waals surface area contributed by atoms with E-state index < -0.39 is 17.4 Å². The van der Waals surface area contributed by atoms with Gasteiger partial charge in [0, 0.05) is 17.0 Å². The monoisotopic (exact) mass is 280 g/mol. The Bertz CT molecular complexity index is 582. The van der Waals surface area contributed by atoms with Gasteiger partial charge >= 0.3 is 0 Å². The standard InChI is InChI=1S/C16H18F2O2/c1-16-5-4-9(6-10(16)2-3-15(16)20)11-7-13(18)14(19)8-12(11)17/h4,7-8,10,15,19-20H,2-3,5-6H2,1H3/t10?,15-,16-/m0/s1. The molecule has 0 spiro atoms. The van der Waals surface area contributed by atoms with Gasteiger partial charge in [0.2, 0.25) is 0 Å². The first-order valence-corrected chi connectivity index (χ1v) is 6.97. The number of phenols is 1. The summed E-state index contributed by atoms with van der Waals surface area (Å²) in [5.41, 5.74) is 0.858. The van der Waals surface area contributed by atoms with Crippen molar-refractivity contribution in [2.24, 2.45) is 11.3 Å². The fourth-order valence-electron chi connectivity index (χ4n) is 3.62. The normalized spacial score (nSPS) is 32.9. The van der Waals surface area contributed by atoms with Gasteiger partial charge in [0.05, 0.1) is 6.10 Å². The Hall–Kier alpha value is -1.42. The third kappa shape index (κ3) is 1.94. The SMILES string of the molecule is C[C@]12CC=C(c3cc(F)c(O)cc3F)CC1CC[C@@H]2O. The highest BCUT2D eigenvalue weighted by atomic mass is 19.1. The van der Waals surface area contributed by atoms with E-state index in [-0.39, 0.29) is 17.1 Å². The number of benzene rings is 1. The third-order valence-electron chi connectivity index (χ3n) is 5.12. The number of hydrogen-bond acceptors (Lipinski definition) is 2. The number of aliphatic hydroxyl groups excluding tert-OH is 1. The summed E-state index contributed by atoms with van der Waals surface area (Å²) in [6, 6.07) is 1.88. The van der Waals surface area contributed by atoms with Gasteiger partial charge < -0.3 is 10.2 Å². The Morgan fingerprint density at radius 3 is 2.70 bits per heavy atom. The van der Waals surface area contributed by atoms with Crippen LogP contribution in [0.2, 0.25) is 0 Å². The highest BCUT2D eigenvalue weighted by molar-refractivity contribution is 5.68. The van der Waals surface area contributed by atoms with Crippen molar-refractivity contribution in [1.82, 2.24) is 0 Å². The summed E-state index contributed by atoms with van der Waals surface area (Å²) in [6.45, 7) is 2.07. The first kappa shape index (κ1) is 13.6. The number of aliphatic hydroxyl groups is 1. The quantitative estimate of drug-likeness (QED) is 0.824. The zero-order valence-corrected chi connectivity index (χ0v) is 11.4. The van der Waals surface area contributed by atoms with Crippen molar-refractivity contribution in [3.63, 3.8) is 0 Å². The highest BCUT2D eigenvalue weighted by Gasteiger charge is 2.47. The zero-order chi connectivity index (χ0) is 14.5. The smallest absolute Gasteiger partial charge is 0.165 e. The Balaban J connectivity index is 1.96. The van der Waals surface area contributed by atoms with Gasteiger partial charge in [-0.25, -0.2) is 8.78 Å². The molecule has 0 heterocycles. The maximum atomic E-state index is 13.9. The van der Waals surface area contributed by atoms with Gasteiger partial charge in [-0.15, -0.1) is 0 Å². The Morgan fingerprint density at radius 1 is 1.20 bits per heavy atom. The molecular weight excluding hydrogens is 262 g/mol. The van der Waals surface area contributed by atoms with Crippen LogP contribution in [0.5, 0.6) is 5.75 Å². The van der Waals surface area contributed by atoms with Crippen molar-refractivity contribution in [2.75, 3.05) is 0 Å². The van der Waals surface area contributed by atoms with E-state index >= 15 is 0 Å². The van der Waals surface area contributed by atoms with Crippen LogP contribution in [-0.2, 0) is 0 Å². The molecule has 2 aliphatic rings. The lowest BCUT2D eigenvalue weighted by molar-refractivity contribution is 0.0400. The maximum absolute atomic E-state index is 13.9. The summed E-state index contributed by atoms with van der Waals surface area (Å²) in [6.07, 6.45) is 4.60. The fourth-order valence-corrected chi connectivity index (χ4v) is 3.62. The van der Waals surface area contributed by atoms with Crippen molar-refractivity contribution in [1.29, 1.82) is 0 Å². The van der Waals surface area contributed by atoms with E-state index in [1.807, 2.05) is 6.08 Å². The molecule has 0 saturated heterocycles. The topological polar surface area (TPSA) is 40.5 Å². The molecule has 4 heteroatoms. The van der Waals surface area contributed by atoms with Crippen molar-refractivity contribution < 1.29 is 19.0 Å². The molecular formula is C16H18F2O2. The molecule has 2 aliphatic carbocycles. The Kier molecular flexibility index (Phi) is 3.09. The van der Waals surface area contributed by atoms with Gasteiger partial charge in [-0.1, -0.05) is 13.0 Å². The lowest BCUT2D eigenvalue weighted by Crippen LogP contribution is -2.34. The molecule has 1 fully saturated rings. The van der Waals surface area contributed by atoms with Gasteiger partial charge in [0.1, 0.15) is 5.82 Å². The second-order valence-electron chi connectivity index (χ2n) is 6.22. The molecule has 2 N–H and O–H groups in total. The van der Waals surface area contributed by atoms with Crippen LogP contribution in [0.4, 0.5) is 8.78 Å². The lowest BCUT2D eigenvalue weighted by Gasteiger charge is -2.38. The van der Waals surface area contributed by atoms with Crippen LogP contribution in [0.15, 0.2) is 18.2 Å². The number of phenolic OH excluding ortho intramolecular Hbond substituents is 1. The summed E-state index contributed by atoms with van der Waals surface area (Å²) in [5.74, 6) is -1.77. The van der Waals surface area contributed by atoms with Crippen molar-refractivity contribution in [3.8, 4) is 5.75 Å². The number of aromatic hydroxyl groups is 1. The molecule has 0 aliphatic heterocycles. The molecule has 2 nitrogen and oxygen atoms in total. The summed E-state index contributed by atoms with van der Waals surface area (Å²) >= 11 is 0. The van der Waals surface area contributed by atoms with E-state index in [0.717, 1.165) is 30.5 Å². The third-order valence-corrected chi connectivity index (χ3v) is 5.12. The minimum absolute atomic E-state index is 0.143.